The van der Waals surface area contributed by atoms with Gasteiger partial charge in [0.15, 0.2) is 11.3 Å². The Labute approximate surface area is 131 Å². The van der Waals surface area contributed by atoms with Crippen molar-refractivity contribution in [3.8, 4) is 0 Å². The Morgan fingerprint density at radius 2 is 1.91 bits per heavy atom. The molecule has 1 saturated heterocycles. The second-order valence-corrected chi connectivity index (χ2v) is 5.33. The number of aliphatic hydroxyl groups is 5. The number of aliphatic hydroxyl groups excluding tert-OH is 5. The van der Waals surface area contributed by atoms with Gasteiger partial charge in [0.25, 0.3) is 0 Å². The van der Waals surface area contributed by atoms with E-state index in [1.54, 1.807) is 6.07 Å². The number of hydrogen-bond donors (Lipinski definition) is 6. The van der Waals surface area contributed by atoms with Gasteiger partial charge in [0, 0.05) is 0 Å². The molecule has 2 rings (SSSR count). The second-order valence-electron chi connectivity index (χ2n) is 4.94. The fourth-order valence-corrected chi connectivity index (χ4v) is 2.62. The Hall–Kier alpha value is -1.36. The lowest BCUT2D eigenvalue weighted by molar-refractivity contribution is -0.0946. The summed E-state index contributed by atoms with van der Waals surface area (Å²) in [4.78, 5) is 1.07. The number of para-hydroxylation sites is 1. The van der Waals surface area contributed by atoms with Gasteiger partial charge >= 0.3 is 0 Å². The van der Waals surface area contributed by atoms with Gasteiger partial charge in [-0.3, -0.25) is 4.90 Å². The van der Waals surface area contributed by atoms with Gasteiger partial charge < -0.3 is 30.8 Å². The molecule has 1 aromatic carbocycles. The highest BCUT2D eigenvalue weighted by Crippen LogP contribution is 2.27. The summed E-state index contributed by atoms with van der Waals surface area (Å²) in [5.74, 6) is -0.614. The molecule has 1 fully saturated rings. The maximum absolute atomic E-state index is 13.8. The highest BCUT2D eigenvalue weighted by Gasteiger charge is 2.44. The molecule has 1 aromatic rings. The largest absolute Gasteiger partial charge is 0.394 e. The van der Waals surface area contributed by atoms with Crippen molar-refractivity contribution >= 4 is 23.0 Å². The number of thiocarbonyl (C=S) groups is 1. The lowest BCUT2D eigenvalue weighted by Gasteiger charge is -2.29. The second kappa shape index (κ2) is 6.82. The molecule has 0 amide bonds. The van der Waals surface area contributed by atoms with Gasteiger partial charge in [-0.05, 0) is 24.4 Å². The number of anilines is 1. The molecule has 0 radical (unpaired) electrons. The molecule has 9 heteroatoms. The number of rotatable bonds is 5. The lowest BCUT2D eigenvalue weighted by Crippen LogP contribution is -2.53. The van der Waals surface area contributed by atoms with Crippen LogP contribution in [-0.4, -0.2) is 67.8 Å². The SMILES string of the molecule is OC[C@@H](O)[C@@H](O)[C@H](O)[C@H]1NC(=S)N(c2ccccc2F)[C@@H]1O. The minimum absolute atomic E-state index is 0.0133. The summed E-state index contributed by atoms with van der Waals surface area (Å²) in [5, 5.41) is 50.7. The minimum Gasteiger partial charge on any atom is -0.394 e. The maximum atomic E-state index is 13.8. The van der Waals surface area contributed by atoms with Crippen molar-refractivity contribution in [2.75, 3.05) is 11.5 Å². The van der Waals surface area contributed by atoms with Crippen molar-refractivity contribution in [1.82, 2.24) is 5.32 Å². The van der Waals surface area contributed by atoms with E-state index in [0.717, 1.165) is 4.90 Å². The van der Waals surface area contributed by atoms with Gasteiger partial charge in [0.1, 0.15) is 30.2 Å². The van der Waals surface area contributed by atoms with E-state index >= 15 is 0 Å². The summed E-state index contributed by atoms with van der Waals surface area (Å²) in [6, 6.07) is 4.47. The molecule has 5 atom stereocenters. The smallest absolute Gasteiger partial charge is 0.176 e. The van der Waals surface area contributed by atoms with Gasteiger partial charge in [-0.2, -0.15) is 0 Å². The number of hydrogen-bond acceptors (Lipinski definition) is 6. The van der Waals surface area contributed by atoms with Crippen LogP contribution < -0.4 is 10.2 Å². The Bertz CT molecular complexity index is 549. The predicted octanol–water partition coefficient (Wildman–Crippen LogP) is -1.72. The predicted molar refractivity (Wildman–Crippen MR) is 79.5 cm³/mol. The van der Waals surface area contributed by atoms with Gasteiger partial charge in [-0.1, -0.05) is 12.1 Å². The molecule has 1 aliphatic rings. The Morgan fingerprint density at radius 3 is 2.50 bits per heavy atom. The molecule has 0 saturated carbocycles. The summed E-state index contributed by atoms with van der Waals surface area (Å²) in [7, 11) is 0. The average molecular weight is 332 g/mol. The van der Waals surface area contributed by atoms with Gasteiger partial charge in [-0.15, -0.1) is 0 Å². The zero-order valence-electron chi connectivity index (χ0n) is 11.4. The van der Waals surface area contributed by atoms with Crippen molar-refractivity contribution in [3.05, 3.63) is 30.1 Å². The van der Waals surface area contributed by atoms with E-state index in [9.17, 15) is 24.8 Å². The fraction of sp³-hybridized carbons (Fsp3) is 0.462. The van der Waals surface area contributed by atoms with Crippen LogP contribution in [0.25, 0.3) is 0 Å². The van der Waals surface area contributed by atoms with Crippen molar-refractivity contribution in [3.63, 3.8) is 0 Å². The third-order valence-corrected chi connectivity index (χ3v) is 3.82. The molecule has 22 heavy (non-hydrogen) atoms. The summed E-state index contributed by atoms with van der Waals surface area (Å²) in [6.07, 6.45) is -6.38. The molecule has 1 heterocycles. The molecule has 0 aliphatic carbocycles. The molecule has 0 unspecified atom stereocenters. The highest BCUT2D eigenvalue weighted by atomic mass is 32.1. The van der Waals surface area contributed by atoms with Crippen LogP contribution in [0.3, 0.4) is 0 Å². The summed E-state index contributed by atoms with van der Waals surface area (Å²) < 4.78 is 13.8. The van der Waals surface area contributed by atoms with Crippen molar-refractivity contribution in [2.24, 2.45) is 0 Å². The average Bonchev–Trinajstić information content (AvgIpc) is 2.80. The maximum Gasteiger partial charge on any atom is 0.176 e. The zero-order chi connectivity index (χ0) is 16.4. The van der Waals surface area contributed by atoms with E-state index in [1.807, 2.05) is 0 Å². The summed E-state index contributed by atoms with van der Waals surface area (Å²) in [6.45, 7) is -0.761. The lowest BCUT2D eigenvalue weighted by atomic mass is 10.0. The van der Waals surface area contributed by atoms with Crippen LogP contribution in [0.1, 0.15) is 0 Å². The molecule has 0 bridgehead atoms. The van der Waals surface area contributed by atoms with Crippen LogP contribution in [0.15, 0.2) is 24.3 Å². The van der Waals surface area contributed by atoms with E-state index in [4.69, 9.17) is 17.3 Å². The fourth-order valence-electron chi connectivity index (χ4n) is 2.28. The highest BCUT2D eigenvalue weighted by molar-refractivity contribution is 7.80. The zero-order valence-corrected chi connectivity index (χ0v) is 12.2. The van der Waals surface area contributed by atoms with Crippen LogP contribution in [0.5, 0.6) is 0 Å². The topological polar surface area (TPSA) is 116 Å². The molecule has 1 aliphatic heterocycles. The Morgan fingerprint density at radius 1 is 1.27 bits per heavy atom. The van der Waals surface area contributed by atoms with E-state index in [1.165, 1.54) is 18.2 Å². The third kappa shape index (κ3) is 3.05. The van der Waals surface area contributed by atoms with Crippen LogP contribution in [0.4, 0.5) is 10.1 Å². The van der Waals surface area contributed by atoms with Crippen LogP contribution >= 0.6 is 12.2 Å². The van der Waals surface area contributed by atoms with Crippen molar-refractivity contribution in [1.29, 1.82) is 0 Å². The molecule has 6 N–H and O–H groups in total. The first-order valence-corrected chi connectivity index (χ1v) is 6.96. The monoisotopic (exact) mass is 332 g/mol. The first kappa shape index (κ1) is 17.0. The number of halogens is 1. The van der Waals surface area contributed by atoms with E-state index in [0.29, 0.717) is 0 Å². The van der Waals surface area contributed by atoms with E-state index < -0.39 is 43.0 Å². The molecular formula is C13H17FN2O5S. The molecule has 0 spiro atoms. The summed E-state index contributed by atoms with van der Waals surface area (Å²) in [5.41, 5.74) is 0.0133. The quantitative estimate of drug-likeness (QED) is 0.353. The standard InChI is InChI=1S/C13H17FN2O5S/c14-6-3-1-2-4-7(6)16-12(21)9(15-13(16)22)11(20)10(19)8(18)5-17/h1-4,8-12,17-21H,5H2,(H,15,22)/t8-,9-,10-,11-,12-/m1/s1. The first-order chi connectivity index (χ1) is 10.4. The number of benzene rings is 1. The first-order valence-electron chi connectivity index (χ1n) is 6.56. The van der Waals surface area contributed by atoms with Gasteiger partial charge in [0.05, 0.1) is 12.3 Å². The number of nitrogens with zero attached hydrogens (tertiary/aromatic N) is 1. The molecule has 122 valence electrons. The van der Waals surface area contributed by atoms with Crippen LogP contribution in [0.2, 0.25) is 0 Å². The van der Waals surface area contributed by atoms with Crippen molar-refractivity contribution < 1.29 is 29.9 Å². The Balaban J connectivity index is 2.22. The molecule has 0 aromatic heterocycles. The number of nitrogens with one attached hydrogen (secondary N) is 1. The third-order valence-electron chi connectivity index (χ3n) is 3.51. The van der Waals surface area contributed by atoms with Gasteiger partial charge in [0.2, 0.25) is 0 Å². The van der Waals surface area contributed by atoms with Crippen molar-refractivity contribution in [2.45, 2.75) is 30.6 Å². The minimum atomic E-state index is -1.71. The van der Waals surface area contributed by atoms with Crippen LogP contribution in [-0.2, 0) is 0 Å². The molecular weight excluding hydrogens is 315 g/mol. The summed E-state index contributed by atoms with van der Waals surface area (Å²) >= 11 is 5.02. The molecule has 7 nitrogen and oxygen atoms in total. The van der Waals surface area contributed by atoms with Crippen LogP contribution in [0, 0.1) is 5.82 Å². The Kier molecular flexibility index (Phi) is 5.27. The normalized spacial score (nSPS) is 25.7. The van der Waals surface area contributed by atoms with E-state index in [-0.39, 0.29) is 10.8 Å². The van der Waals surface area contributed by atoms with Gasteiger partial charge in [-0.25, -0.2) is 4.39 Å². The van der Waals surface area contributed by atoms with E-state index in [2.05, 4.69) is 5.32 Å².